The van der Waals surface area contributed by atoms with Gasteiger partial charge in [0.05, 0.1) is 4.90 Å². The van der Waals surface area contributed by atoms with Crippen molar-refractivity contribution in [3.8, 4) is 0 Å². The monoisotopic (exact) mass is 244 g/mol. The molecule has 0 unspecified atom stereocenters. The third-order valence-corrected chi connectivity index (χ3v) is 2.89. The van der Waals surface area contributed by atoms with Gasteiger partial charge in [0.25, 0.3) is 0 Å². The molecule has 0 fully saturated rings. The summed E-state index contributed by atoms with van der Waals surface area (Å²) in [5.74, 6) is 0. The lowest BCUT2D eigenvalue weighted by Crippen LogP contribution is -1.96. The van der Waals surface area contributed by atoms with Gasteiger partial charge in [-0.1, -0.05) is 46.8 Å². The topological polar surface area (TPSA) is 34.1 Å². The van der Waals surface area contributed by atoms with Gasteiger partial charge in [-0.3, -0.25) is 0 Å². The molecule has 1 aromatic rings. The summed E-state index contributed by atoms with van der Waals surface area (Å²) in [5, 5.41) is 0. The van der Waals surface area contributed by atoms with Crippen molar-refractivity contribution in [2.24, 2.45) is 0 Å². The molecule has 0 saturated heterocycles. The molecule has 94 valence electrons. The lowest BCUT2D eigenvalue weighted by Gasteiger charge is -1.99. The van der Waals surface area contributed by atoms with Crippen LogP contribution in [0.5, 0.6) is 0 Å². The van der Waals surface area contributed by atoms with Crippen LogP contribution in [0.15, 0.2) is 29.2 Å². The molecule has 0 aromatic heterocycles. The molecule has 0 N–H and O–H groups in total. The van der Waals surface area contributed by atoms with Crippen LogP contribution in [0.4, 0.5) is 0 Å². The van der Waals surface area contributed by atoms with Crippen molar-refractivity contribution < 1.29 is 8.42 Å². The van der Waals surface area contributed by atoms with Crippen molar-refractivity contribution in [3.05, 3.63) is 29.8 Å². The quantitative estimate of drug-likeness (QED) is 0.795. The first-order valence-corrected chi connectivity index (χ1v) is 7.72. The van der Waals surface area contributed by atoms with Crippen LogP contribution in [-0.2, 0) is 16.3 Å². The molecule has 0 saturated carbocycles. The Hall–Kier alpha value is -0.830. The summed E-state index contributed by atoms with van der Waals surface area (Å²) >= 11 is 0. The Kier molecular flexibility index (Phi) is 10.3. The number of hydrogen-bond acceptors (Lipinski definition) is 2. The maximum Gasteiger partial charge on any atom is 0.175 e. The molecule has 0 spiro atoms. The average molecular weight is 244 g/mol. The van der Waals surface area contributed by atoms with E-state index in [0.29, 0.717) is 4.90 Å². The Morgan fingerprint density at radius 2 is 1.31 bits per heavy atom. The normalized spacial score (nSPS) is 9.38. The highest BCUT2D eigenvalue weighted by atomic mass is 32.2. The minimum Gasteiger partial charge on any atom is -0.224 e. The molecule has 0 amide bonds. The Morgan fingerprint density at radius 1 is 0.938 bits per heavy atom. The number of sulfone groups is 1. The average Bonchev–Trinajstić information content (AvgIpc) is 2.33. The van der Waals surface area contributed by atoms with Crippen molar-refractivity contribution in [2.75, 3.05) is 6.26 Å². The minimum atomic E-state index is -3.03. The van der Waals surface area contributed by atoms with Gasteiger partial charge in [0.15, 0.2) is 9.84 Å². The van der Waals surface area contributed by atoms with E-state index in [4.69, 9.17) is 0 Å². The third-order valence-electron chi connectivity index (χ3n) is 1.76. The second-order valence-electron chi connectivity index (χ2n) is 2.77. The van der Waals surface area contributed by atoms with E-state index in [-0.39, 0.29) is 0 Å². The van der Waals surface area contributed by atoms with E-state index in [2.05, 4.69) is 0 Å². The third kappa shape index (κ3) is 6.62. The number of aryl methyl sites for hydroxylation is 1. The van der Waals surface area contributed by atoms with Gasteiger partial charge in [0.1, 0.15) is 0 Å². The van der Waals surface area contributed by atoms with E-state index >= 15 is 0 Å². The van der Waals surface area contributed by atoms with E-state index in [9.17, 15) is 8.42 Å². The summed E-state index contributed by atoms with van der Waals surface area (Å²) in [6.07, 6.45) is 2.15. The van der Waals surface area contributed by atoms with Crippen LogP contribution in [0.2, 0.25) is 0 Å². The van der Waals surface area contributed by atoms with Gasteiger partial charge >= 0.3 is 0 Å². The van der Waals surface area contributed by atoms with Gasteiger partial charge in [-0.15, -0.1) is 0 Å². The summed E-state index contributed by atoms with van der Waals surface area (Å²) in [7, 11) is -3.03. The Labute approximate surface area is 101 Å². The number of rotatable bonds is 2. The standard InChI is InChI=1S/C9H12O2S.2C2H6/c1-3-8-4-6-9(7-5-8)12(2,10)11;2*1-2/h4-7H,3H2,1-2H3;2*1-2H3. The van der Waals surface area contributed by atoms with Gasteiger partial charge in [0.2, 0.25) is 0 Å². The Morgan fingerprint density at radius 3 is 1.56 bits per heavy atom. The largest absolute Gasteiger partial charge is 0.224 e. The highest BCUT2D eigenvalue weighted by molar-refractivity contribution is 7.90. The first kappa shape index (κ1) is 17.6. The first-order chi connectivity index (χ1) is 7.54. The maximum absolute atomic E-state index is 11.0. The molecule has 1 aromatic carbocycles. The smallest absolute Gasteiger partial charge is 0.175 e. The molecule has 0 aliphatic carbocycles. The lowest BCUT2D eigenvalue weighted by molar-refractivity contribution is 0.602. The van der Waals surface area contributed by atoms with Crippen molar-refractivity contribution in [2.45, 2.75) is 45.9 Å². The highest BCUT2D eigenvalue weighted by Gasteiger charge is 2.04. The number of benzene rings is 1. The summed E-state index contributed by atoms with van der Waals surface area (Å²) < 4.78 is 22.1. The molecule has 0 atom stereocenters. The van der Waals surface area contributed by atoms with Crippen LogP contribution < -0.4 is 0 Å². The minimum absolute atomic E-state index is 0.389. The van der Waals surface area contributed by atoms with Crippen LogP contribution in [0.3, 0.4) is 0 Å². The van der Waals surface area contributed by atoms with E-state index in [1.807, 2.05) is 46.8 Å². The van der Waals surface area contributed by atoms with Gasteiger partial charge < -0.3 is 0 Å². The van der Waals surface area contributed by atoms with E-state index in [0.717, 1.165) is 12.0 Å². The molecule has 2 nitrogen and oxygen atoms in total. The van der Waals surface area contributed by atoms with Crippen molar-refractivity contribution in [1.29, 1.82) is 0 Å². The maximum atomic E-state index is 11.0. The van der Waals surface area contributed by atoms with E-state index < -0.39 is 9.84 Å². The van der Waals surface area contributed by atoms with Gasteiger partial charge in [0, 0.05) is 6.26 Å². The Balaban J connectivity index is 0. The highest BCUT2D eigenvalue weighted by Crippen LogP contribution is 2.10. The fourth-order valence-electron chi connectivity index (χ4n) is 0.972. The van der Waals surface area contributed by atoms with Crippen LogP contribution in [-0.4, -0.2) is 14.7 Å². The van der Waals surface area contributed by atoms with Gasteiger partial charge in [-0.25, -0.2) is 8.42 Å². The molecule has 0 aliphatic rings. The zero-order valence-electron chi connectivity index (χ0n) is 11.2. The predicted octanol–water partition coefficient (Wildman–Crippen LogP) is 3.70. The molecule has 0 bridgehead atoms. The van der Waals surface area contributed by atoms with Crippen molar-refractivity contribution in [1.82, 2.24) is 0 Å². The molecular weight excluding hydrogens is 220 g/mol. The van der Waals surface area contributed by atoms with Crippen molar-refractivity contribution >= 4 is 9.84 Å². The Bertz CT molecular complexity index is 350. The SMILES string of the molecule is CC.CC.CCc1ccc(S(C)(=O)=O)cc1. The predicted molar refractivity (Wildman–Crippen MR) is 71.6 cm³/mol. The second kappa shape index (κ2) is 9.40. The summed E-state index contributed by atoms with van der Waals surface area (Å²) in [5.41, 5.74) is 1.16. The summed E-state index contributed by atoms with van der Waals surface area (Å²) in [6.45, 7) is 10.0. The first-order valence-electron chi connectivity index (χ1n) is 5.83. The summed E-state index contributed by atoms with van der Waals surface area (Å²) in [6, 6.07) is 6.98. The molecule has 0 radical (unpaired) electrons. The number of hydrogen-bond donors (Lipinski definition) is 0. The molecule has 0 aliphatic heterocycles. The fraction of sp³-hybridized carbons (Fsp3) is 0.538. The molecule has 0 heterocycles. The van der Waals surface area contributed by atoms with Crippen LogP contribution in [0.1, 0.15) is 40.2 Å². The van der Waals surface area contributed by atoms with Gasteiger partial charge in [-0.2, -0.15) is 0 Å². The zero-order chi connectivity index (χ0) is 13.2. The lowest BCUT2D eigenvalue weighted by atomic mass is 10.2. The fourth-order valence-corrected chi connectivity index (χ4v) is 1.60. The molecule has 16 heavy (non-hydrogen) atoms. The van der Waals surface area contributed by atoms with Crippen LogP contribution in [0, 0.1) is 0 Å². The second-order valence-corrected chi connectivity index (χ2v) is 4.79. The van der Waals surface area contributed by atoms with Gasteiger partial charge in [-0.05, 0) is 24.1 Å². The van der Waals surface area contributed by atoms with E-state index in [1.54, 1.807) is 12.1 Å². The van der Waals surface area contributed by atoms with Crippen LogP contribution >= 0.6 is 0 Å². The van der Waals surface area contributed by atoms with E-state index in [1.165, 1.54) is 6.26 Å². The zero-order valence-corrected chi connectivity index (χ0v) is 12.1. The molecule has 3 heteroatoms. The van der Waals surface area contributed by atoms with Crippen molar-refractivity contribution in [3.63, 3.8) is 0 Å². The molecular formula is C13H24O2S. The van der Waals surface area contributed by atoms with Crippen LogP contribution in [0.25, 0.3) is 0 Å². The molecule has 1 rings (SSSR count). The summed E-state index contributed by atoms with van der Waals surface area (Å²) in [4.78, 5) is 0.389.